The average Bonchev–Trinajstić information content (AvgIpc) is 2.40. The highest BCUT2D eigenvalue weighted by Crippen LogP contribution is 2.28. The molecule has 0 aliphatic carbocycles. The smallest absolute Gasteiger partial charge is 0.124 e. The summed E-state index contributed by atoms with van der Waals surface area (Å²) in [6.45, 7) is 7.16. The molecule has 2 atom stereocenters. The molecule has 0 saturated heterocycles. The molecule has 2 nitrogen and oxygen atoms in total. The van der Waals surface area contributed by atoms with Gasteiger partial charge in [0, 0.05) is 16.6 Å². The van der Waals surface area contributed by atoms with Gasteiger partial charge in [0.1, 0.15) is 5.75 Å². The summed E-state index contributed by atoms with van der Waals surface area (Å²) in [6, 6.07) is 5.61. The number of hydrogen-bond acceptors (Lipinski definition) is 2. The van der Waals surface area contributed by atoms with Crippen LogP contribution in [0.15, 0.2) is 18.2 Å². The maximum absolute atomic E-state index is 6.01. The maximum atomic E-state index is 6.01. The highest BCUT2D eigenvalue weighted by molar-refractivity contribution is 6.30. The Kier molecular flexibility index (Phi) is 7.25. The predicted molar refractivity (Wildman–Crippen MR) is 82.9 cm³/mol. The third kappa shape index (κ3) is 5.42. The molecule has 1 aromatic rings. The number of hydrogen-bond donors (Lipinski definition) is 1. The Morgan fingerprint density at radius 3 is 2.63 bits per heavy atom. The van der Waals surface area contributed by atoms with Gasteiger partial charge >= 0.3 is 0 Å². The number of unbranched alkanes of at least 4 members (excludes halogenated alkanes) is 1. The molecule has 108 valence electrons. The van der Waals surface area contributed by atoms with Crippen molar-refractivity contribution >= 4 is 11.6 Å². The summed E-state index contributed by atoms with van der Waals surface area (Å²) in [5.41, 5.74) is 6.95. The number of nitrogens with two attached hydrogens (primary N) is 1. The molecule has 2 N–H and O–H groups in total. The van der Waals surface area contributed by atoms with Crippen LogP contribution < -0.4 is 10.5 Å². The normalized spacial score (nSPS) is 14.2. The fourth-order valence-electron chi connectivity index (χ4n) is 2.11. The van der Waals surface area contributed by atoms with Crippen molar-refractivity contribution < 1.29 is 4.74 Å². The monoisotopic (exact) mass is 283 g/mol. The largest absolute Gasteiger partial charge is 0.493 e. The molecule has 0 aromatic heterocycles. The molecule has 3 heteroatoms. The summed E-state index contributed by atoms with van der Waals surface area (Å²) < 4.78 is 5.96. The van der Waals surface area contributed by atoms with Crippen molar-refractivity contribution in [1.29, 1.82) is 0 Å². The lowest BCUT2D eigenvalue weighted by Crippen LogP contribution is -2.14. The first-order valence-electron chi connectivity index (χ1n) is 7.26. The van der Waals surface area contributed by atoms with Crippen molar-refractivity contribution in [3.8, 4) is 5.75 Å². The zero-order valence-corrected chi connectivity index (χ0v) is 13.0. The van der Waals surface area contributed by atoms with Gasteiger partial charge in [0.05, 0.1) is 6.61 Å². The van der Waals surface area contributed by atoms with Gasteiger partial charge < -0.3 is 10.5 Å². The van der Waals surface area contributed by atoms with Crippen LogP contribution in [-0.4, -0.2) is 6.61 Å². The molecule has 0 aliphatic rings. The van der Waals surface area contributed by atoms with E-state index < -0.39 is 0 Å². The Balaban J connectivity index is 2.65. The van der Waals surface area contributed by atoms with Crippen LogP contribution in [0, 0.1) is 5.92 Å². The van der Waals surface area contributed by atoms with Crippen LogP contribution in [0.2, 0.25) is 5.02 Å². The second kappa shape index (κ2) is 8.44. The molecule has 0 aliphatic heterocycles. The number of ether oxygens (including phenoxy) is 1. The first kappa shape index (κ1) is 16.3. The Morgan fingerprint density at radius 2 is 2.05 bits per heavy atom. The molecule has 0 heterocycles. The fourth-order valence-corrected chi connectivity index (χ4v) is 2.29. The van der Waals surface area contributed by atoms with Gasteiger partial charge in [0.15, 0.2) is 0 Å². The zero-order chi connectivity index (χ0) is 14.3. The van der Waals surface area contributed by atoms with E-state index in [0.717, 1.165) is 24.3 Å². The van der Waals surface area contributed by atoms with Crippen molar-refractivity contribution in [3.63, 3.8) is 0 Å². The quantitative estimate of drug-likeness (QED) is 0.732. The van der Waals surface area contributed by atoms with Gasteiger partial charge in [-0.05, 0) is 37.5 Å². The molecular formula is C16H26ClNO. The highest BCUT2D eigenvalue weighted by atomic mass is 35.5. The minimum atomic E-state index is -0.0654. The molecule has 19 heavy (non-hydrogen) atoms. The van der Waals surface area contributed by atoms with E-state index in [1.165, 1.54) is 19.3 Å². The molecule has 1 aromatic carbocycles. The molecule has 1 rings (SSSR count). The van der Waals surface area contributed by atoms with Gasteiger partial charge in [0.25, 0.3) is 0 Å². The van der Waals surface area contributed by atoms with E-state index in [4.69, 9.17) is 22.1 Å². The van der Waals surface area contributed by atoms with E-state index in [1.807, 2.05) is 25.1 Å². The molecule has 0 fully saturated rings. The highest BCUT2D eigenvalue weighted by Gasteiger charge is 2.12. The lowest BCUT2D eigenvalue weighted by molar-refractivity contribution is 0.231. The molecule has 0 spiro atoms. The van der Waals surface area contributed by atoms with Gasteiger partial charge in [-0.25, -0.2) is 0 Å². The van der Waals surface area contributed by atoms with Gasteiger partial charge in [-0.2, -0.15) is 0 Å². The number of rotatable bonds is 8. The lowest BCUT2D eigenvalue weighted by Gasteiger charge is -2.19. The first-order valence-corrected chi connectivity index (χ1v) is 7.64. The van der Waals surface area contributed by atoms with E-state index in [-0.39, 0.29) is 6.04 Å². The number of benzene rings is 1. The van der Waals surface area contributed by atoms with Crippen molar-refractivity contribution in [2.24, 2.45) is 11.7 Å². The topological polar surface area (TPSA) is 35.2 Å². The minimum Gasteiger partial charge on any atom is -0.493 e. The summed E-state index contributed by atoms with van der Waals surface area (Å²) in [4.78, 5) is 0. The van der Waals surface area contributed by atoms with Crippen molar-refractivity contribution in [2.45, 2.75) is 52.5 Å². The first-order chi connectivity index (χ1) is 9.08. The van der Waals surface area contributed by atoms with Crippen LogP contribution in [0.3, 0.4) is 0 Å². The molecule has 2 unspecified atom stereocenters. The maximum Gasteiger partial charge on any atom is 0.124 e. The second-order valence-electron chi connectivity index (χ2n) is 5.20. The van der Waals surface area contributed by atoms with E-state index in [9.17, 15) is 0 Å². The standard InChI is InChI=1S/C16H26ClNO/c1-4-6-7-13(5-2)11-19-16-9-8-14(17)10-15(16)12(3)18/h8-10,12-13H,4-7,11,18H2,1-3H3. The lowest BCUT2D eigenvalue weighted by atomic mass is 10.0. The summed E-state index contributed by atoms with van der Waals surface area (Å²) in [6.07, 6.45) is 4.89. The molecule has 0 amide bonds. The Morgan fingerprint density at radius 1 is 1.32 bits per heavy atom. The second-order valence-corrected chi connectivity index (χ2v) is 5.63. The third-order valence-electron chi connectivity index (χ3n) is 3.48. The van der Waals surface area contributed by atoms with Gasteiger partial charge in [-0.1, -0.05) is 44.7 Å². The summed E-state index contributed by atoms with van der Waals surface area (Å²) in [5.74, 6) is 1.49. The predicted octanol–water partition coefficient (Wildman–Crippen LogP) is 4.95. The van der Waals surface area contributed by atoms with Gasteiger partial charge in [-0.3, -0.25) is 0 Å². The Labute approximate surface area is 122 Å². The van der Waals surface area contributed by atoms with Crippen LogP contribution in [0.1, 0.15) is 58.1 Å². The van der Waals surface area contributed by atoms with E-state index in [2.05, 4.69) is 13.8 Å². The summed E-state index contributed by atoms with van der Waals surface area (Å²) >= 11 is 6.01. The Bertz CT molecular complexity index is 379. The fraction of sp³-hybridized carbons (Fsp3) is 0.625. The van der Waals surface area contributed by atoms with Crippen LogP contribution in [0.25, 0.3) is 0 Å². The molecular weight excluding hydrogens is 258 g/mol. The van der Waals surface area contributed by atoms with Crippen LogP contribution in [-0.2, 0) is 0 Å². The third-order valence-corrected chi connectivity index (χ3v) is 3.72. The van der Waals surface area contributed by atoms with Gasteiger partial charge in [0.2, 0.25) is 0 Å². The molecule has 0 radical (unpaired) electrons. The molecule has 0 bridgehead atoms. The van der Waals surface area contributed by atoms with Crippen molar-refractivity contribution in [2.75, 3.05) is 6.61 Å². The average molecular weight is 284 g/mol. The Hall–Kier alpha value is -0.730. The molecule has 0 saturated carbocycles. The van der Waals surface area contributed by atoms with E-state index in [0.29, 0.717) is 10.9 Å². The minimum absolute atomic E-state index is 0.0654. The SMILES string of the molecule is CCCCC(CC)COc1ccc(Cl)cc1C(C)N. The van der Waals surface area contributed by atoms with E-state index in [1.54, 1.807) is 0 Å². The van der Waals surface area contributed by atoms with E-state index >= 15 is 0 Å². The van der Waals surface area contributed by atoms with Crippen molar-refractivity contribution in [3.05, 3.63) is 28.8 Å². The zero-order valence-electron chi connectivity index (χ0n) is 12.3. The van der Waals surface area contributed by atoms with Crippen LogP contribution >= 0.6 is 11.6 Å². The number of halogens is 1. The van der Waals surface area contributed by atoms with Gasteiger partial charge in [-0.15, -0.1) is 0 Å². The van der Waals surface area contributed by atoms with Crippen LogP contribution in [0.4, 0.5) is 0 Å². The van der Waals surface area contributed by atoms with Crippen LogP contribution in [0.5, 0.6) is 5.75 Å². The summed E-state index contributed by atoms with van der Waals surface area (Å²) in [5, 5.41) is 0.706. The summed E-state index contributed by atoms with van der Waals surface area (Å²) in [7, 11) is 0. The van der Waals surface area contributed by atoms with Crippen molar-refractivity contribution in [1.82, 2.24) is 0 Å².